The van der Waals surface area contributed by atoms with Gasteiger partial charge >= 0.3 is 0 Å². The molecule has 1 saturated carbocycles. The lowest BCUT2D eigenvalue weighted by Crippen LogP contribution is -2.53. The van der Waals surface area contributed by atoms with Gasteiger partial charge in [0.1, 0.15) is 6.10 Å². The maximum Gasteiger partial charge on any atom is 0.224 e. The van der Waals surface area contributed by atoms with Crippen molar-refractivity contribution in [1.29, 1.82) is 0 Å². The summed E-state index contributed by atoms with van der Waals surface area (Å²) in [6.07, 6.45) is 4.26. The molecule has 6 heteroatoms. The lowest BCUT2D eigenvalue weighted by atomic mass is 9.84. The van der Waals surface area contributed by atoms with E-state index in [0.29, 0.717) is 6.42 Å². The van der Waals surface area contributed by atoms with Gasteiger partial charge in [0.05, 0.1) is 25.2 Å². The second kappa shape index (κ2) is 7.22. The molecule has 1 aliphatic heterocycles. The van der Waals surface area contributed by atoms with Crippen molar-refractivity contribution in [2.24, 2.45) is 5.92 Å². The number of rotatable bonds is 5. The van der Waals surface area contributed by atoms with Crippen LogP contribution in [0.15, 0.2) is 0 Å². The zero-order valence-corrected chi connectivity index (χ0v) is 12.9. The summed E-state index contributed by atoms with van der Waals surface area (Å²) in [5.41, 5.74) is 0. The van der Waals surface area contributed by atoms with Crippen LogP contribution in [0.3, 0.4) is 0 Å². The topological polar surface area (TPSA) is 78.9 Å². The second-order valence-corrected chi connectivity index (χ2v) is 6.29. The van der Waals surface area contributed by atoms with E-state index in [2.05, 4.69) is 5.32 Å². The first-order valence-corrected chi connectivity index (χ1v) is 7.78. The Bertz CT molecular complexity index is 382. The third-order valence-electron chi connectivity index (χ3n) is 4.50. The second-order valence-electron chi connectivity index (χ2n) is 6.29. The summed E-state index contributed by atoms with van der Waals surface area (Å²) in [4.78, 5) is 25.3. The lowest BCUT2D eigenvalue weighted by Gasteiger charge is -2.37. The molecular formula is C15H26N2O4. The minimum Gasteiger partial charge on any atom is -0.394 e. The molecule has 21 heavy (non-hydrogen) atoms. The fourth-order valence-electron chi connectivity index (χ4n) is 2.80. The van der Waals surface area contributed by atoms with Gasteiger partial charge in [-0.25, -0.2) is 0 Å². The van der Waals surface area contributed by atoms with E-state index in [1.54, 1.807) is 19.0 Å². The van der Waals surface area contributed by atoms with Crippen LogP contribution in [-0.4, -0.2) is 60.8 Å². The van der Waals surface area contributed by atoms with Gasteiger partial charge in [0.15, 0.2) is 0 Å². The van der Waals surface area contributed by atoms with Gasteiger partial charge in [-0.1, -0.05) is 6.42 Å². The maximum atomic E-state index is 12.0. The van der Waals surface area contributed by atoms with Crippen molar-refractivity contribution in [3.63, 3.8) is 0 Å². The average Bonchev–Trinajstić information content (AvgIpc) is 2.38. The molecule has 0 aromatic heterocycles. The van der Waals surface area contributed by atoms with Gasteiger partial charge in [0.2, 0.25) is 11.8 Å². The molecule has 0 spiro atoms. The highest BCUT2D eigenvalue weighted by atomic mass is 16.5. The molecular weight excluding hydrogens is 272 g/mol. The van der Waals surface area contributed by atoms with Crippen molar-refractivity contribution < 1.29 is 19.4 Å². The Kier molecular flexibility index (Phi) is 5.58. The molecule has 0 unspecified atom stereocenters. The first kappa shape index (κ1) is 16.2. The molecule has 2 fully saturated rings. The highest BCUT2D eigenvalue weighted by Crippen LogP contribution is 2.28. The number of nitrogens with one attached hydrogen (secondary N) is 1. The zero-order chi connectivity index (χ0) is 15.4. The monoisotopic (exact) mass is 298 g/mol. The Morgan fingerprint density at radius 3 is 2.48 bits per heavy atom. The summed E-state index contributed by atoms with van der Waals surface area (Å²) < 4.78 is 5.79. The van der Waals surface area contributed by atoms with E-state index in [-0.39, 0.29) is 36.5 Å². The SMILES string of the molecule is CN(C)C(=O)C[C@H]1CC[C@@H](NC(=O)C2CCC2)[C@@H](CO)O1. The molecule has 2 aliphatic rings. The molecule has 0 aromatic carbocycles. The minimum absolute atomic E-state index is 0.0219. The first-order chi connectivity index (χ1) is 10.0. The van der Waals surface area contributed by atoms with E-state index in [0.717, 1.165) is 32.1 Å². The van der Waals surface area contributed by atoms with Crippen molar-refractivity contribution in [2.45, 2.75) is 56.8 Å². The number of ether oxygens (including phenoxy) is 1. The van der Waals surface area contributed by atoms with E-state index in [4.69, 9.17) is 4.74 Å². The van der Waals surface area contributed by atoms with E-state index in [1.165, 1.54) is 0 Å². The van der Waals surface area contributed by atoms with Crippen LogP contribution in [-0.2, 0) is 14.3 Å². The number of hydrogen-bond donors (Lipinski definition) is 2. The van der Waals surface area contributed by atoms with Gasteiger partial charge < -0.3 is 20.1 Å². The molecule has 120 valence electrons. The molecule has 1 aliphatic carbocycles. The number of aliphatic hydroxyl groups excluding tert-OH is 1. The zero-order valence-electron chi connectivity index (χ0n) is 12.9. The molecule has 0 bridgehead atoms. The van der Waals surface area contributed by atoms with Crippen molar-refractivity contribution >= 4 is 11.8 Å². The van der Waals surface area contributed by atoms with Crippen molar-refractivity contribution in [2.75, 3.05) is 20.7 Å². The average molecular weight is 298 g/mol. The van der Waals surface area contributed by atoms with Gasteiger partial charge in [-0.2, -0.15) is 0 Å². The van der Waals surface area contributed by atoms with E-state index in [1.807, 2.05) is 0 Å². The lowest BCUT2D eigenvalue weighted by molar-refractivity contribution is -0.142. The third kappa shape index (κ3) is 4.17. The summed E-state index contributed by atoms with van der Waals surface area (Å²) >= 11 is 0. The smallest absolute Gasteiger partial charge is 0.224 e. The molecule has 0 aromatic rings. The Labute approximate surface area is 125 Å². The Hall–Kier alpha value is -1.14. The molecule has 1 heterocycles. The normalized spacial score (nSPS) is 29.6. The van der Waals surface area contributed by atoms with Crippen LogP contribution in [0.2, 0.25) is 0 Å². The third-order valence-corrected chi connectivity index (χ3v) is 4.50. The van der Waals surface area contributed by atoms with Gasteiger partial charge in [0, 0.05) is 20.0 Å². The first-order valence-electron chi connectivity index (χ1n) is 7.78. The van der Waals surface area contributed by atoms with E-state index >= 15 is 0 Å². The number of carbonyl (C=O) groups is 2. The molecule has 0 radical (unpaired) electrons. The number of nitrogens with zero attached hydrogens (tertiary/aromatic N) is 1. The maximum absolute atomic E-state index is 12.0. The molecule has 6 nitrogen and oxygen atoms in total. The summed E-state index contributed by atoms with van der Waals surface area (Å²) in [5, 5.41) is 12.5. The Morgan fingerprint density at radius 1 is 1.24 bits per heavy atom. The summed E-state index contributed by atoms with van der Waals surface area (Å²) in [6, 6.07) is -0.145. The standard InChI is InChI=1S/C15H26N2O4/c1-17(2)14(19)8-11-6-7-12(13(9-18)21-11)16-15(20)10-4-3-5-10/h10-13,18H,3-9H2,1-2H3,(H,16,20)/t11-,12-,13-/m1/s1. The van der Waals surface area contributed by atoms with Crippen LogP contribution in [0.4, 0.5) is 0 Å². The highest BCUT2D eigenvalue weighted by molar-refractivity contribution is 5.79. The van der Waals surface area contributed by atoms with Crippen LogP contribution >= 0.6 is 0 Å². The minimum atomic E-state index is -0.414. The predicted octanol–water partition coefficient (Wildman–Crippen LogP) is 0.290. The highest BCUT2D eigenvalue weighted by Gasteiger charge is 2.35. The van der Waals surface area contributed by atoms with Crippen molar-refractivity contribution in [3.05, 3.63) is 0 Å². The Morgan fingerprint density at radius 2 is 1.95 bits per heavy atom. The Balaban J connectivity index is 1.83. The van der Waals surface area contributed by atoms with Crippen LogP contribution in [0, 0.1) is 5.92 Å². The number of amides is 2. The number of aliphatic hydroxyl groups is 1. The fourth-order valence-corrected chi connectivity index (χ4v) is 2.80. The van der Waals surface area contributed by atoms with Gasteiger partial charge in [-0.3, -0.25) is 9.59 Å². The summed E-state index contributed by atoms with van der Waals surface area (Å²) in [5.74, 6) is 0.238. The fraction of sp³-hybridized carbons (Fsp3) is 0.867. The van der Waals surface area contributed by atoms with E-state index in [9.17, 15) is 14.7 Å². The van der Waals surface area contributed by atoms with Crippen LogP contribution < -0.4 is 5.32 Å². The van der Waals surface area contributed by atoms with Gasteiger partial charge in [-0.05, 0) is 25.7 Å². The summed E-state index contributed by atoms with van der Waals surface area (Å²) in [6.45, 7) is -0.137. The quantitative estimate of drug-likeness (QED) is 0.764. The molecule has 2 rings (SSSR count). The molecule has 2 N–H and O–H groups in total. The summed E-state index contributed by atoms with van der Waals surface area (Å²) in [7, 11) is 3.44. The molecule has 3 atom stereocenters. The molecule has 1 saturated heterocycles. The molecule has 2 amide bonds. The van der Waals surface area contributed by atoms with Crippen LogP contribution in [0.25, 0.3) is 0 Å². The van der Waals surface area contributed by atoms with Gasteiger partial charge in [0.25, 0.3) is 0 Å². The largest absolute Gasteiger partial charge is 0.394 e. The predicted molar refractivity (Wildman–Crippen MR) is 77.6 cm³/mol. The van der Waals surface area contributed by atoms with Gasteiger partial charge in [-0.15, -0.1) is 0 Å². The van der Waals surface area contributed by atoms with Crippen LogP contribution in [0.5, 0.6) is 0 Å². The van der Waals surface area contributed by atoms with E-state index < -0.39 is 6.10 Å². The van der Waals surface area contributed by atoms with Crippen molar-refractivity contribution in [3.8, 4) is 0 Å². The number of hydrogen-bond acceptors (Lipinski definition) is 4. The van der Waals surface area contributed by atoms with Crippen LogP contribution in [0.1, 0.15) is 38.5 Å². The number of carbonyl (C=O) groups excluding carboxylic acids is 2. The van der Waals surface area contributed by atoms with Crippen molar-refractivity contribution in [1.82, 2.24) is 10.2 Å².